The van der Waals surface area contributed by atoms with Crippen molar-refractivity contribution in [1.82, 2.24) is 4.73 Å². The second kappa shape index (κ2) is 6.68. The Bertz CT molecular complexity index is 861. The van der Waals surface area contributed by atoms with Crippen LogP contribution in [0.15, 0.2) is 57.9 Å². The zero-order chi connectivity index (χ0) is 16.4. The number of aromatic nitrogens is 1. The van der Waals surface area contributed by atoms with Gasteiger partial charge in [0.15, 0.2) is 5.69 Å². The van der Waals surface area contributed by atoms with E-state index in [0.29, 0.717) is 11.3 Å². The van der Waals surface area contributed by atoms with Crippen molar-refractivity contribution in [3.05, 3.63) is 64.3 Å². The molecule has 0 bridgehead atoms. The van der Waals surface area contributed by atoms with E-state index in [0.717, 1.165) is 25.0 Å². The highest BCUT2D eigenvalue weighted by Crippen LogP contribution is 2.35. The Kier molecular flexibility index (Phi) is 4.63. The third-order valence-corrected chi connectivity index (χ3v) is 5.22. The summed E-state index contributed by atoms with van der Waals surface area (Å²) >= 11 is 5.11. The molecule has 23 heavy (non-hydrogen) atoms. The van der Waals surface area contributed by atoms with Gasteiger partial charge in [-0.3, -0.25) is 0 Å². The molecule has 0 aliphatic carbocycles. The highest BCUT2D eigenvalue weighted by molar-refractivity contribution is 9.10. The lowest BCUT2D eigenvalue weighted by molar-refractivity contribution is 0.0552. The average molecular weight is 392 g/mol. The van der Waals surface area contributed by atoms with Gasteiger partial charge < -0.3 is 9.94 Å². The molecule has 0 saturated carbocycles. The number of methoxy groups -OCH3 is 1. The van der Waals surface area contributed by atoms with Gasteiger partial charge >= 0.3 is 5.97 Å². The van der Waals surface area contributed by atoms with Gasteiger partial charge in [-0.1, -0.05) is 40.2 Å². The second-order valence-electron chi connectivity index (χ2n) is 4.87. The lowest BCUT2D eigenvalue weighted by Crippen LogP contribution is -2.10. The standard InChI is InChI=1S/C17H14BrNO3S/c1-22-17(20)16-12(10-23-11-6-3-2-4-7-11)15-13(18)8-5-9-14(15)19(16)21/h2-9,21H,10H2,1H3. The number of carbonyl (C=O) groups is 1. The normalized spacial score (nSPS) is 10.9. The molecule has 3 rings (SSSR count). The Morgan fingerprint density at radius 3 is 2.65 bits per heavy atom. The van der Waals surface area contributed by atoms with Gasteiger partial charge in [0.2, 0.25) is 0 Å². The molecule has 1 heterocycles. The molecule has 0 aliphatic rings. The molecule has 0 unspecified atom stereocenters. The summed E-state index contributed by atoms with van der Waals surface area (Å²) in [7, 11) is 1.31. The molecule has 0 saturated heterocycles. The molecule has 4 nitrogen and oxygen atoms in total. The molecule has 0 atom stereocenters. The predicted octanol–water partition coefficient (Wildman–Crippen LogP) is 4.72. The number of esters is 1. The molecule has 0 amide bonds. The Morgan fingerprint density at radius 2 is 1.96 bits per heavy atom. The fourth-order valence-corrected chi connectivity index (χ4v) is 4.01. The van der Waals surface area contributed by atoms with Crippen LogP contribution in [0, 0.1) is 0 Å². The number of halogens is 1. The largest absolute Gasteiger partial charge is 0.464 e. The van der Waals surface area contributed by atoms with Gasteiger partial charge in [-0.15, -0.1) is 11.8 Å². The molecule has 3 aromatic rings. The van der Waals surface area contributed by atoms with Crippen molar-refractivity contribution in [1.29, 1.82) is 0 Å². The molecule has 6 heteroatoms. The van der Waals surface area contributed by atoms with Crippen LogP contribution in [0.3, 0.4) is 0 Å². The first-order valence-electron chi connectivity index (χ1n) is 6.90. The quantitative estimate of drug-likeness (QED) is 0.397. The summed E-state index contributed by atoms with van der Waals surface area (Å²) in [5, 5.41) is 11.2. The first kappa shape index (κ1) is 16.0. The highest BCUT2D eigenvalue weighted by Gasteiger charge is 2.24. The SMILES string of the molecule is COC(=O)c1c(CSc2ccccc2)c2c(Br)cccc2n1O. The predicted molar refractivity (Wildman–Crippen MR) is 94.2 cm³/mol. The third kappa shape index (κ3) is 2.96. The molecule has 118 valence electrons. The van der Waals surface area contributed by atoms with Gasteiger partial charge in [-0.05, 0) is 24.3 Å². The molecule has 1 N–H and O–H groups in total. The number of thioether (sulfide) groups is 1. The summed E-state index contributed by atoms with van der Waals surface area (Å²) in [5.41, 5.74) is 1.48. The smallest absolute Gasteiger partial charge is 0.358 e. The fraction of sp³-hybridized carbons (Fsp3) is 0.118. The van der Waals surface area contributed by atoms with E-state index in [1.165, 1.54) is 7.11 Å². The first-order chi connectivity index (χ1) is 11.1. The van der Waals surface area contributed by atoms with E-state index >= 15 is 0 Å². The van der Waals surface area contributed by atoms with Crippen molar-refractivity contribution in [3.8, 4) is 0 Å². The molecule has 0 fully saturated rings. The monoisotopic (exact) mass is 391 g/mol. The van der Waals surface area contributed by atoms with Crippen molar-refractivity contribution < 1.29 is 14.7 Å². The minimum absolute atomic E-state index is 0.165. The van der Waals surface area contributed by atoms with E-state index in [9.17, 15) is 10.0 Å². The molecule has 0 aliphatic heterocycles. The van der Waals surface area contributed by atoms with Crippen LogP contribution in [0.5, 0.6) is 0 Å². The van der Waals surface area contributed by atoms with Gasteiger partial charge in [-0.25, -0.2) is 4.79 Å². The van der Waals surface area contributed by atoms with Crippen LogP contribution in [-0.4, -0.2) is 23.0 Å². The first-order valence-corrected chi connectivity index (χ1v) is 8.68. The maximum Gasteiger partial charge on any atom is 0.358 e. The van der Waals surface area contributed by atoms with Crippen LogP contribution < -0.4 is 0 Å². The summed E-state index contributed by atoms with van der Waals surface area (Å²) in [5.74, 6) is -0.0135. The summed E-state index contributed by atoms with van der Waals surface area (Å²) in [6.45, 7) is 0. The molecule has 0 spiro atoms. The molecule has 2 aromatic carbocycles. The van der Waals surface area contributed by atoms with Crippen LogP contribution in [0.4, 0.5) is 0 Å². The molecule has 1 aromatic heterocycles. The van der Waals surface area contributed by atoms with Crippen LogP contribution in [0.2, 0.25) is 0 Å². The lowest BCUT2D eigenvalue weighted by atomic mass is 10.1. The van der Waals surface area contributed by atoms with Gasteiger partial charge in [0, 0.05) is 26.1 Å². The Labute approximate surface area is 146 Å². The van der Waals surface area contributed by atoms with Gasteiger partial charge in [0.1, 0.15) is 0 Å². The highest BCUT2D eigenvalue weighted by atomic mass is 79.9. The second-order valence-corrected chi connectivity index (χ2v) is 6.77. The summed E-state index contributed by atoms with van der Waals surface area (Å²) in [6, 6.07) is 15.4. The Morgan fingerprint density at radius 1 is 1.22 bits per heavy atom. The van der Waals surface area contributed by atoms with Crippen molar-refractivity contribution in [3.63, 3.8) is 0 Å². The van der Waals surface area contributed by atoms with Crippen LogP contribution in [0.1, 0.15) is 16.1 Å². The van der Waals surface area contributed by atoms with E-state index in [2.05, 4.69) is 15.9 Å². The van der Waals surface area contributed by atoms with Gasteiger partial charge in [0.25, 0.3) is 0 Å². The Hall–Kier alpha value is -1.92. The van der Waals surface area contributed by atoms with Crippen LogP contribution >= 0.6 is 27.7 Å². The number of nitrogens with zero attached hydrogens (tertiary/aromatic N) is 1. The molecular weight excluding hydrogens is 378 g/mol. The fourth-order valence-electron chi connectivity index (χ4n) is 2.47. The number of rotatable bonds is 4. The number of benzene rings is 2. The van der Waals surface area contributed by atoms with E-state index in [-0.39, 0.29) is 5.69 Å². The van der Waals surface area contributed by atoms with E-state index in [1.54, 1.807) is 17.8 Å². The zero-order valence-electron chi connectivity index (χ0n) is 12.3. The molecule has 0 radical (unpaired) electrons. The molecular formula is C17H14BrNO3S. The van der Waals surface area contributed by atoms with Crippen LogP contribution in [-0.2, 0) is 10.5 Å². The summed E-state index contributed by atoms with van der Waals surface area (Å²) in [4.78, 5) is 13.2. The maximum absolute atomic E-state index is 12.1. The zero-order valence-corrected chi connectivity index (χ0v) is 14.7. The number of carbonyl (C=O) groups excluding carboxylic acids is 1. The minimum atomic E-state index is -0.556. The van der Waals surface area contributed by atoms with Crippen molar-refractivity contribution in [2.45, 2.75) is 10.6 Å². The summed E-state index contributed by atoms with van der Waals surface area (Å²) in [6.07, 6.45) is 0. The average Bonchev–Trinajstić information content (AvgIpc) is 2.87. The van der Waals surface area contributed by atoms with Gasteiger partial charge in [0.05, 0.1) is 12.6 Å². The van der Waals surface area contributed by atoms with E-state index in [1.807, 2.05) is 42.5 Å². The number of hydrogen-bond acceptors (Lipinski definition) is 4. The Balaban J connectivity index is 2.11. The number of fused-ring (bicyclic) bond motifs is 1. The van der Waals surface area contributed by atoms with E-state index in [4.69, 9.17) is 4.74 Å². The third-order valence-electron chi connectivity index (χ3n) is 3.52. The maximum atomic E-state index is 12.1. The van der Waals surface area contributed by atoms with Gasteiger partial charge in [-0.2, -0.15) is 4.73 Å². The number of ether oxygens (including phenoxy) is 1. The lowest BCUT2D eigenvalue weighted by Gasteiger charge is -2.05. The van der Waals surface area contributed by atoms with E-state index < -0.39 is 5.97 Å². The summed E-state index contributed by atoms with van der Waals surface area (Å²) < 4.78 is 6.57. The van der Waals surface area contributed by atoms with Crippen molar-refractivity contribution >= 4 is 44.6 Å². The number of hydrogen-bond donors (Lipinski definition) is 1. The van der Waals surface area contributed by atoms with Crippen LogP contribution in [0.25, 0.3) is 10.9 Å². The topological polar surface area (TPSA) is 51.5 Å². The van der Waals surface area contributed by atoms with Crippen molar-refractivity contribution in [2.75, 3.05) is 7.11 Å². The van der Waals surface area contributed by atoms with Crippen molar-refractivity contribution in [2.24, 2.45) is 0 Å². The minimum Gasteiger partial charge on any atom is -0.464 e.